The Labute approximate surface area is 133 Å². The van der Waals surface area contributed by atoms with Crippen molar-refractivity contribution in [3.05, 3.63) is 28.7 Å². The molecule has 4 nitrogen and oxygen atoms in total. The maximum atomic E-state index is 12.3. The molecule has 2 aliphatic rings. The molecule has 21 heavy (non-hydrogen) atoms. The van der Waals surface area contributed by atoms with Gasteiger partial charge in [-0.15, -0.1) is 0 Å². The maximum Gasteiger partial charge on any atom is 0.228 e. The van der Waals surface area contributed by atoms with E-state index in [1.807, 2.05) is 29.2 Å². The van der Waals surface area contributed by atoms with Crippen LogP contribution >= 0.6 is 15.9 Å². The summed E-state index contributed by atoms with van der Waals surface area (Å²) in [6.45, 7) is 1.71. The quantitative estimate of drug-likeness (QED) is 0.910. The van der Waals surface area contributed by atoms with Crippen LogP contribution in [0.15, 0.2) is 28.7 Å². The minimum atomic E-state index is -0.154. The van der Waals surface area contributed by atoms with Crippen LogP contribution in [0.25, 0.3) is 0 Å². The molecule has 1 heterocycles. The van der Waals surface area contributed by atoms with Crippen molar-refractivity contribution in [3.8, 4) is 0 Å². The van der Waals surface area contributed by atoms with Crippen LogP contribution in [0.3, 0.4) is 0 Å². The molecule has 1 aromatic carbocycles. The van der Waals surface area contributed by atoms with E-state index in [0.717, 1.165) is 36.1 Å². The second-order valence-electron chi connectivity index (χ2n) is 5.83. The molecule has 2 amide bonds. The number of carbonyl (C=O) groups excluding carboxylic acids is 2. The highest BCUT2D eigenvalue weighted by atomic mass is 79.9. The Hall–Kier alpha value is -1.36. The second-order valence-corrected chi connectivity index (χ2v) is 6.75. The third-order valence-corrected chi connectivity index (χ3v) is 4.70. The summed E-state index contributed by atoms with van der Waals surface area (Å²) in [6.07, 6.45) is 4.08. The lowest BCUT2D eigenvalue weighted by Crippen LogP contribution is -2.37. The summed E-state index contributed by atoms with van der Waals surface area (Å²) in [6, 6.07) is 7.51. The number of piperidine rings is 1. The van der Waals surface area contributed by atoms with Crippen LogP contribution in [-0.2, 0) is 9.59 Å². The minimum Gasteiger partial charge on any atom is -0.342 e. The number of halogens is 1. The predicted octanol–water partition coefficient (Wildman–Crippen LogP) is 3.04. The molecule has 112 valence electrons. The van der Waals surface area contributed by atoms with Gasteiger partial charge in [0.1, 0.15) is 0 Å². The molecule has 1 saturated heterocycles. The number of carbonyl (C=O) groups is 2. The van der Waals surface area contributed by atoms with Gasteiger partial charge in [-0.3, -0.25) is 9.59 Å². The third-order valence-electron chi connectivity index (χ3n) is 4.20. The number of amides is 2. The van der Waals surface area contributed by atoms with Gasteiger partial charge < -0.3 is 10.2 Å². The van der Waals surface area contributed by atoms with Gasteiger partial charge in [-0.05, 0) is 43.9 Å². The van der Waals surface area contributed by atoms with Crippen LogP contribution in [0.1, 0.15) is 25.7 Å². The SMILES string of the molecule is O=C(Nc1cccc(Br)c1)C1CC1C(=O)N1CCCCC1. The Morgan fingerprint density at radius 2 is 1.90 bits per heavy atom. The van der Waals surface area contributed by atoms with E-state index in [2.05, 4.69) is 21.2 Å². The number of hydrogen-bond acceptors (Lipinski definition) is 2. The summed E-state index contributed by atoms with van der Waals surface area (Å²) in [5.41, 5.74) is 0.769. The maximum absolute atomic E-state index is 12.3. The summed E-state index contributed by atoms with van der Waals surface area (Å²) >= 11 is 3.38. The molecule has 1 aliphatic heterocycles. The number of rotatable bonds is 3. The first-order valence-corrected chi connectivity index (χ1v) is 8.29. The Balaban J connectivity index is 1.54. The average molecular weight is 351 g/mol. The van der Waals surface area contributed by atoms with Gasteiger partial charge in [-0.1, -0.05) is 22.0 Å². The van der Waals surface area contributed by atoms with Crippen molar-refractivity contribution in [2.45, 2.75) is 25.7 Å². The Kier molecular flexibility index (Phi) is 4.29. The van der Waals surface area contributed by atoms with E-state index in [1.165, 1.54) is 6.42 Å². The van der Waals surface area contributed by atoms with Crippen molar-refractivity contribution in [1.29, 1.82) is 0 Å². The third kappa shape index (κ3) is 3.46. The Morgan fingerprint density at radius 3 is 2.62 bits per heavy atom. The number of nitrogens with zero attached hydrogens (tertiary/aromatic N) is 1. The van der Waals surface area contributed by atoms with E-state index < -0.39 is 0 Å². The van der Waals surface area contributed by atoms with Gasteiger partial charge in [0.15, 0.2) is 0 Å². The molecule has 3 rings (SSSR count). The summed E-state index contributed by atoms with van der Waals surface area (Å²) in [5.74, 6) is -0.124. The van der Waals surface area contributed by atoms with Crippen LogP contribution in [0.4, 0.5) is 5.69 Å². The number of nitrogens with one attached hydrogen (secondary N) is 1. The van der Waals surface area contributed by atoms with Gasteiger partial charge in [-0.25, -0.2) is 0 Å². The van der Waals surface area contributed by atoms with E-state index in [-0.39, 0.29) is 23.7 Å². The fourth-order valence-corrected chi connectivity index (χ4v) is 3.31. The predicted molar refractivity (Wildman–Crippen MR) is 84.8 cm³/mol. The molecule has 2 unspecified atom stereocenters. The van der Waals surface area contributed by atoms with Gasteiger partial charge in [0.05, 0.1) is 11.8 Å². The van der Waals surface area contributed by atoms with Crippen LogP contribution in [0, 0.1) is 11.8 Å². The Morgan fingerprint density at radius 1 is 1.14 bits per heavy atom. The summed E-state index contributed by atoms with van der Waals surface area (Å²) in [5, 5.41) is 2.89. The molecule has 5 heteroatoms. The van der Waals surface area contributed by atoms with Crippen LogP contribution in [0.2, 0.25) is 0 Å². The van der Waals surface area contributed by atoms with Crippen molar-refractivity contribution in [2.24, 2.45) is 11.8 Å². The zero-order valence-corrected chi connectivity index (χ0v) is 13.4. The summed E-state index contributed by atoms with van der Waals surface area (Å²) in [7, 11) is 0. The highest BCUT2D eigenvalue weighted by molar-refractivity contribution is 9.10. The topological polar surface area (TPSA) is 49.4 Å². The summed E-state index contributed by atoms with van der Waals surface area (Å²) < 4.78 is 0.928. The average Bonchev–Trinajstić information content (AvgIpc) is 3.28. The first-order chi connectivity index (χ1) is 10.1. The van der Waals surface area contributed by atoms with E-state index in [0.29, 0.717) is 6.42 Å². The van der Waals surface area contributed by atoms with Crippen molar-refractivity contribution >= 4 is 33.4 Å². The molecule has 1 aromatic rings. The molecule has 0 spiro atoms. The van der Waals surface area contributed by atoms with Crippen molar-refractivity contribution in [2.75, 3.05) is 18.4 Å². The lowest BCUT2D eigenvalue weighted by Gasteiger charge is -2.26. The number of hydrogen-bond donors (Lipinski definition) is 1. The van der Waals surface area contributed by atoms with Crippen LogP contribution in [-0.4, -0.2) is 29.8 Å². The van der Waals surface area contributed by atoms with E-state index in [1.54, 1.807) is 0 Å². The van der Waals surface area contributed by atoms with Gasteiger partial charge in [0, 0.05) is 23.2 Å². The number of anilines is 1. The van der Waals surface area contributed by atoms with E-state index in [9.17, 15) is 9.59 Å². The Bertz CT molecular complexity index is 555. The largest absolute Gasteiger partial charge is 0.342 e. The van der Waals surface area contributed by atoms with Gasteiger partial charge >= 0.3 is 0 Å². The molecule has 0 bridgehead atoms. The van der Waals surface area contributed by atoms with Crippen LogP contribution in [0.5, 0.6) is 0 Å². The van der Waals surface area contributed by atoms with Gasteiger partial charge in [-0.2, -0.15) is 0 Å². The van der Waals surface area contributed by atoms with Crippen molar-refractivity contribution in [1.82, 2.24) is 4.90 Å². The van der Waals surface area contributed by atoms with Crippen molar-refractivity contribution < 1.29 is 9.59 Å². The second kappa shape index (κ2) is 6.18. The molecule has 1 aliphatic carbocycles. The number of benzene rings is 1. The zero-order valence-electron chi connectivity index (χ0n) is 11.8. The first kappa shape index (κ1) is 14.6. The highest BCUT2D eigenvalue weighted by Gasteiger charge is 2.49. The van der Waals surface area contributed by atoms with Gasteiger partial charge in [0.2, 0.25) is 11.8 Å². The smallest absolute Gasteiger partial charge is 0.228 e. The van der Waals surface area contributed by atoms with Crippen LogP contribution < -0.4 is 5.32 Å². The molecular weight excluding hydrogens is 332 g/mol. The molecule has 2 atom stereocenters. The van der Waals surface area contributed by atoms with Gasteiger partial charge in [0.25, 0.3) is 0 Å². The van der Waals surface area contributed by atoms with E-state index >= 15 is 0 Å². The number of likely N-dealkylation sites (tertiary alicyclic amines) is 1. The monoisotopic (exact) mass is 350 g/mol. The molecule has 1 N–H and O–H groups in total. The molecule has 0 aromatic heterocycles. The minimum absolute atomic E-state index is 0.0385. The standard InChI is InChI=1S/C16H19BrN2O2/c17-11-5-4-6-12(9-11)18-15(20)13-10-14(13)16(21)19-7-2-1-3-8-19/h4-6,9,13-14H,1-3,7-8,10H2,(H,18,20). The molecule has 1 saturated carbocycles. The fraction of sp³-hybridized carbons (Fsp3) is 0.500. The lowest BCUT2D eigenvalue weighted by molar-refractivity contribution is -0.134. The molecule has 2 fully saturated rings. The molecule has 0 radical (unpaired) electrons. The fourth-order valence-electron chi connectivity index (χ4n) is 2.91. The van der Waals surface area contributed by atoms with E-state index in [4.69, 9.17) is 0 Å². The first-order valence-electron chi connectivity index (χ1n) is 7.50. The summed E-state index contributed by atoms with van der Waals surface area (Å²) in [4.78, 5) is 26.4. The normalized spacial score (nSPS) is 24.5. The highest BCUT2D eigenvalue weighted by Crippen LogP contribution is 2.41. The lowest BCUT2D eigenvalue weighted by atomic mass is 10.1. The molecular formula is C16H19BrN2O2. The van der Waals surface area contributed by atoms with Crippen molar-refractivity contribution in [3.63, 3.8) is 0 Å². The zero-order chi connectivity index (χ0) is 14.8.